The number of ether oxygens (including phenoxy) is 2. The van der Waals surface area contributed by atoms with Crippen molar-refractivity contribution in [3.8, 4) is 16.9 Å². The molecule has 0 aliphatic heterocycles. The van der Waals surface area contributed by atoms with Gasteiger partial charge in [0.2, 0.25) is 0 Å². The minimum atomic E-state index is -0.387. The Kier molecular flexibility index (Phi) is 13.9. The Labute approximate surface area is 275 Å². The first-order valence-corrected chi connectivity index (χ1v) is 16.8. The molecular formula is C42H48O4. The summed E-state index contributed by atoms with van der Waals surface area (Å²) < 4.78 is 11.0. The second kappa shape index (κ2) is 18.5. The molecule has 0 aromatic heterocycles. The molecule has 0 saturated heterocycles. The van der Waals surface area contributed by atoms with Gasteiger partial charge in [0.15, 0.2) is 0 Å². The van der Waals surface area contributed by atoms with E-state index in [1.165, 1.54) is 37.7 Å². The highest BCUT2D eigenvalue weighted by atomic mass is 16.5. The van der Waals surface area contributed by atoms with Gasteiger partial charge in [-0.3, -0.25) is 0 Å². The fourth-order valence-electron chi connectivity index (χ4n) is 5.63. The maximum atomic E-state index is 12.6. The number of allylic oxidation sites excluding steroid dienone is 2. The van der Waals surface area contributed by atoms with Gasteiger partial charge in [0.25, 0.3) is 0 Å². The van der Waals surface area contributed by atoms with Crippen molar-refractivity contribution < 1.29 is 19.1 Å². The van der Waals surface area contributed by atoms with Crippen molar-refractivity contribution in [1.29, 1.82) is 0 Å². The molecule has 4 heteroatoms. The third-order valence-corrected chi connectivity index (χ3v) is 8.37. The van der Waals surface area contributed by atoms with Crippen LogP contribution < -0.4 is 4.74 Å². The quantitative estimate of drug-likeness (QED) is 0.0512. The molecule has 4 aromatic carbocycles. The minimum absolute atomic E-state index is 0.308. The number of hydrogen-bond acceptors (Lipinski definition) is 4. The van der Waals surface area contributed by atoms with Crippen LogP contribution in [0.15, 0.2) is 115 Å². The standard InChI is InChI=1S/C42H48O4/c1-4-5-9-17-39(34-15-11-8-12-16-34)31-33(3)14-10-6-7-13-30-45-41(43)37-24-22-35(23-25-37)36-26-28-40(29-27-36)46-42(44)38-20-18-32(2)19-21-38/h6,8,10-12,15-16,18-29,33,39H,4-5,7,9,13-14,17,30-31H2,1-3H3/b10-6+. The first-order valence-electron chi connectivity index (χ1n) is 16.8. The molecule has 4 nitrogen and oxygen atoms in total. The molecule has 0 amide bonds. The van der Waals surface area contributed by atoms with Crippen molar-refractivity contribution in [2.24, 2.45) is 5.92 Å². The highest BCUT2D eigenvalue weighted by Crippen LogP contribution is 2.30. The molecule has 0 bridgehead atoms. The third-order valence-electron chi connectivity index (χ3n) is 8.37. The lowest BCUT2D eigenvalue weighted by molar-refractivity contribution is 0.0501. The molecule has 0 saturated carbocycles. The summed E-state index contributed by atoms with van der Waals surface area (Å²) >= 11 is 0. The zero-order valence-electron chi connectivity index (χ0n) is 27.6. The number of carbonyl (C=O) groups excluding carboxylic acids is 2. The van der Waals surface area contributed by atoms with Crippen LogP contribution in [0, 0.1) is 12.8 Å². The average molecular weight is 617 g/mol. The number of rotatable bonds is 17. The monoisotopic (exact) mass is 616 g/mol. The van der Waals surface area contributed by atoms with Crippen molar-refractivity contribution in [1.82, 2.24) is 0 Å². The van der Waals surface area contributed by atoms with Gasteiger partial charge in [0, 0.05) is 0 Å². The van der Waals surface area contributed by atoms with Crippen LogP contribution in [-0.4, -0.2) is 18.5 Å². The van der Waals surface area contributed by atoms with Gasteiger partial charge in [-0.05, 0) is 104 Å². The number of benzene rings is 4. The van der Waals surface area contributed by atoms with Crippen LogP contribution >= 0.6 is 0 Å². The fourth-order valence-corrected chi connectivity index (χ4v) is 5.63. The predicted octanol–water partition coefficient (Wildman–Crippen LogP) is 11.2. The molecule has 0 aliphatic carbocycles. The van der Waals surface area contributed by atoms with Crippen molar-refractivity contribution in [2.45, 2.75) is 78.1 Å². The second-order valence-electron chi connectivity index (χ2n) is 12.3. The van der Waals surface area contributed by atoms with E-state index >= 15 is 0 Å². The van der Waals surface area contributed by atoms with Crippen LogP contribution in [0.2, 0.25) is 0 Å². The second-order valence-corrected chi connectivity index (χ2v) is 12.3. The van der Waals surface area contributed by atoms with E-state index in [2.05, 4.69) is 56.3 Å². The number of aryl methyl sites for hydroxylation is 1. The number of unbranched alkanes of at least 4 members (excludes halogenated alkanes) is 3. The first kappa shape index (κ1) is 34.4. The van der Waals surface area contributed by atoms with E-state index in [1.54, 1.807) is 36.4 Å². The van der Waals surface area contributed by atoms with Gasteiger partial charge in [-0.1, -0.05) is 118 Å². The summed E-state index contributed by atoms with van der Waals surface area (Å²) in [7, 11) is 0. The van der Waals surface area contributed by atoms with Crippen LogP contribution in [0.1, 0.15) is 103 Å². The summed E-state index contributed by atoms with van der Waals surface area (Å²) in [6.07, 6.45) is 13.6. The van der Waals surface area contributed by atoms with Crippen molar-refractivity contribution in [2.75, 3.05) is 6.61 Å². The Balaban J connectivity index is 1.15. The van der Waals surface area contributed by atoms with Gasteiger partial charge in [-0.25, -0.2) is 9.59 Å². The van der Waals surface area contributed by atoms with Crippen molar-refractivity contribution >= 4 is 11.9 Å². The van der Waals surface area contributed by atoms with E-state index < -0.39 is 0 Å². The largest absolute Gasteiger partial charge is 0.462 e. The Bertz CT molecular complexity index is 1500. The molecule has 0 aliphatic rings. The van der Waals surface area contributed by atoms with Gasteiger partial charge in [-0.2, -0.15) is 0 Å². The summed E-state index contributed by atoms with van der Waals surface area (Å²) in [6, 6.07) is 33.0. The van der Waals surface area contributed by atoms with E-state index in [-0.39, 0.29) is 11.9 Å². The van der Waals surface area contributed by atoms with Crippen LogP contribution in [0.25, 0.3) is 11.1 Å². The minimum Gasteiger partial charge on any atom is -0.462 e. The van der Waals surface area contributed by atoms with Gasteiger partial charge in [-0.15, -0.1) is 0 Å². The van der Waals surface area contributed by atoms with Crippen molar-refractivity contribution in [3.05, 3.63) is 138 Å². The zero-order valence-corrected chi connectivity index (χ0v) is 27.6. The molecule has 46 heavy (non-hydrogen) atoms. The fraction of sp³-hybridized carbons (Fsp3) is 0.333. The zero-order chi connectivity index (χ0) is 32.6. The molecule has 0 fully saturated rings. The molecular weight excluding hydrogens is 568 g/mol. The van der Waals surface area contributed by atoms with E-state index in [0.717, 1.165) is 36.0 Å². The van der Waals surface area contributed by atoms with E-state index in [0.29, 0.717) is 35.3 Å². The van der Waals surface area contributed by atoms with E-state index in [9.17, 15) is 9.59 Å². The van der Waals surface area contributed by atoms with Crippen LogP contribution in [0.4, 0.5) is 0 Å². The Hall–Kier alpha value is -4.44. The molecule has 4 rings (SSSR count). The number of esters is 2. The summed E-state index contributed by atoms with van der Waals surface area (Å²) in [5.41, 5.74) is 5.53. The normalized spacial score (nSPS) is 12.5. The molecule has 0 radical (unpaired) electrons. The highest BCUT2D eigenvalue weighted by Gasteiger charge is 2.15. The van der Waals surface area contributed by atoms with E-state index in [4.69, 9.17) is 9.47 Å². The topological polar surface area (TPSA) is 52.6 Å². The summed E-state index contributed by atoms with van der Waals surface area (Å²) in [4.78, 5) is 25.0. The van der Waals surface area contributed by atoms with Gasteiger partial charge >= 0.3 is 11.9 Å². The predicted molar refractivity (Wildman–Crippen MR) is 188 cm³/mol. The molecule has 2 unspecified atom stereocenters. The maximum Gasteiger partial charge on any atom is 0.343 e. The van der Waals surface area contributed by atoms with Gasteiger partial charge in [0.05, 0.1) is 17.7 Å². The molecule has 2 atom stereocenters. The summed E-state index contributed by atoms with van der Waals surface area (Å²) in [5.74, 6) is 1.04. The average Bonchev–Trinajstić information content (AvgIpc) is 3.08. The molecule has 240 valence electrons. The van der Waals surface area contributed by atoms with Gasteiger partial charge < -0.3 is 9.47 Å². The Morgan fingerprint density at radius 3 is 2.02 bits per heavy atom. The lowest BCUT2D eigenvalue weighted by Gasteiger charge is -2.21. The van der Waals surface area contributed by atoms with E-state index in [1.807, 2.05) is 43.3 Å². The Morgan fingerprint density at radius 2 is 1.35 bits per heavy atom. The van der Waals surface area contributed by atoms with Crippen molar-refractivity contribution in [3.63, 3.8) is 0 Å². The smallest absolute Gasteiger partial charge is 0.343 e. The van der Waals surface area contributed by atoms with Crippen LogP contribution in [0.5, 0.6) is 5.75 Å². The molecule has 0 spiro atoms. The lowest BCUT2D eigenvalue weighted by Crippen LogP contribution is -2.08. The Morgan fingerprint density at radius 1 is 0.717 bits per heavy atom. The SMILES string of the molecule is CCCCCC(CC(C)C/C=C/CCCOC(=O)c1ccc(-c2ccc(OC(=O)c3ccc(C)cc3)cc2)cc1)c1ccccc1. The first-order chi connectivity index (χ1) is 22.4. The summed E-state index contributed by atoms with van der Waals surface area (Å²) in [6.45, 7) is 6.99. The summed E-state index contributed by atoms with van der Waals surface area (Å²) in [5, 5.41) is 0. The molecule has 4 aromatic rings. The molecule has 0 N–H and O–H groups in total. The molecule has 0 heterocycles. The maximum absolute atomic E-state index is 12.6. The van der Waals surface area contributed by atoms with Gasteiger partial charge in [0.1, 0.15) is 5.75 Å². The highest BCUT2D eigenvalue weighted by molar-refractivity contribution is 5.91. The number of carbonyl (C=O) groups is 2. The lowest BCUT2D eigenvalue weighted by atomic mass is 9.84. The van der Waals surface area contributed by atoms with Crippen LogP contribution in [0.3, 0.4) is 0 Å². The van der Waals surface area contributed by atoms with Crippen LogP contribution in [-0.2, 0) is 4.74 Å². The third kappa shape index (κ3) is 11.2. The number of hydrogen-bond donors (Lipinski definition) is 0.